The third kappa shape index (κ3) is 5.26. The van der Waals surface area contributed by atoms with Crippen molar-refractivity contribution in [2.24, 2.45) is 0 Å². The summed E-state index contributed by atoms with van der Waals surface area (Å²) < 4.78 is 5.74. The van der Waals surface area contributed by atoms with Crippen LogP contribution in [0, 0.1) is 0 Å². The molecule has 1 aliphatic heterocycles. The highest BCUT2D eigenvalue weighted by atomic mass is 16.5. The normalized spacial score (nSPS) is 15.8. The van der Waals surface area contributed by atoms with Crippen molar-refractivity contribution >= 4 is 17.7 Å². The highest BCUT2D eigenvalue weighted by Gasteiger charge is 2.31. The fourth-order valence-electron chi connectivity index (χ4n) is 3.43. The van der Waals surface area contributed by atoms with Gasteiger partial charge in [-0.25, -0.2) is 4.79 Å². The van der Waals surface area contributed by atoms with E-state index in [4.69, 9.17) is 4.74 Å². The van der Waals surface area contributed by atoms with E-state index in [2.05, 4.69) is 16.0 Å². The van der Waals surface area contributed by atoms with E-state index in [1.54, 1.807) is 31.2 Å². The van der Waals surface area contributed by atoms with Crippen molar-refractivity contribution in [3.8, 4) is 5.75 Å². The molecule has 156 valence electrons. The molecule has 2 aromatic carbocycles. The second kappa shape index (κ2) is 9.73. The van der Waals surface area contributed by atoms with Gasteiger partial charge < -0.3 is 20.7 Å². The first-order chi connectivity index (χ1) is 14.5. The van der Waals surface area contributed by atoms with E-state index in [9.17, 15) is 14.4 Å². The molecule has 0 saturated heterocycles. The Morgan fingerprint density at radius 1 is 1.07 bits per heavy atom. The second-order valence-corrected chi connectivity index (χ2v) is 7.04. The van der Waals surface area contributed by atoms with Crippen LogP contribution < -0.4 is 20.7 Å². The van der Waals surface area contributed by atoms with Crippen LogP contribution in [-0.2, 0) is 16.0 Å². The maximum Gasteiger partial charge on any atom is 0.319 e. The van der Waals surface area contributed by atoms with Crippen molar-refractivity contribution in [3.63, 3.8) is 0 Å². The average molecular weight is 407 g/mol. The monoisotopic (exact) mass is 407 g/mol. The van der Waals surface area contributed by atoms with Crippen molar-refractivity contribution in [1.82, 2.24) is 16.0 Å². The largest absolute Gasteiger partial charge is 0.483 e. The number of amides is 3. The molecule has 2 aromatic rings. The summed E-state index contributed by atoms with van der Waals surface area (Å²) in [7, 11) is 0. The molecule has 0 aromatic heterocycles. The van der Waals surface area contributed by atoms with Crippen molar-refractivity contribution in [1.29, 1.82) is 0 Å². The number of ketones is 1. The summed E-state index contributed by atoms with van der Waals surface area (Å²) in [4.78, 5) is 36.3. The van der Waals surface area contributed by atoms with Gasteiger partial charge in [0, 0.05) is 23.4 Å². The molecule has 7 nitrogen and oxygen atoms in total. The van der Waals surface area contributed by atoms with Gasteiger partial charge in [0.2, 0.25) is 0 Å². The third-order valence-corrected chi connectivity index (χ3v) is 4.82. The van der Waals surface area contributed by atoms with E-state index in [-0.39, 0.29) is 18.3 Å². The predicted molar refractivity (Wildman–Crippen MR) is 113 cm³/mol. The summed E-state index contributed by atoms with van der Waals surface area (Å²) in [6.07, 6.45) is 0.732. The number of benzene rings is 2. The Labute approximate surface area is 175 Å². The van der Waals surface area contributed by atoms with Crippen LogP contribution in [0.3, 0.4) is 0 Å². The smallest absolute Gasteiger partial charge is 0.319 e. The molecular weight excluding hydrogens is 382 g/mol. The van der Waals surface area contributed by atoms with Gasteiger partial charge in [0.1, 0.15) is 5.75 Å². The summed E-state index contributed by atoms with van der Waals surface area (Å²) in [6, 6.07) is 15.9. The van der Waals surface area contributed by atoms with Gasteiger partial charge in [0.05, 0.1) is 6.04 Å². The SMILES string of the molecule is CC(=O)C1=C(C)NC(=O)N[C@@H]1c1ccccc1OCC(=O)NCCc1ccccc1. The summed E-state index contributed by atoms with van der Waals surface area (Å²) in [5.74, 6) is 0.0431. The minimum atomic E-state index is -0.645. The lowest BCUT2D eigenvalue weighted by atomic mass is 9.92. The van der Waals surface area contributed by atoms with Crippen molar-refractivity contribution < 1.29 is 19.1 Å². The van der Waals surface area contributed by atoms with Crippen LogP contribution in [0.15, 0.2) is 65.9 Å². The zero-order valence-electron chi connectivity index (χ0n) is 17.0. The number of ether oxygens (including phenoxy) is 1. The van der Waals surface area contributed by atoms with E-state index in [0.717, 1.165) is 12.0 Å². The third-order valence-electron chi connectivity index (χ3n) is 4.82. The minimum absolute atomic E-state index is 0.154. The number of hydrogen-bond donors (Lipinski definition) is 3. The van der Waals surface area contributed by atoms with Gasteiger partial charge in [-0.05, 0) is 31.9 Å². The average Bonchev–Trinajstić information content (AvgIpc) is 2.72. The molecule has 30 heavy (non-hydrogen) atoms. The molecular formula is C23H25N3O4. The van der Waals surface area contributed by atoms with Crippen LogP contribution in [-0.4, -0.2) is 30.9 Å². The predicted octanol–water partition coefficient (Wildman–Crippen LogP) is 2.64. The maximum absolute atomic E-state index is 12.2. The van der Waals surface area contributed by atoms with Crippen molar-refractivity contribution in [2.75, 3.05) is 13.2 Å². The van der Waals surface area contributed by atoms with E-state index in [0.29, 0.717) is 29.1 Å². The molecule has 0 spiro atoms. The number of allylic oxidation sites excluding steroid dienone is 1. The van der Waals surface area contributed by atoms with Crippen LogP contribution in [0.5, 0.6) is 5.75 Å². The van der Waals surface area contributed by atoms with Gasteiger partial charge in [-0.3, -0.25) is 9.59 Å². The Morgan fingerprint density at radius 3 is 2.50 bits per heavy atom. The number of para-hydroxylation sites is 1. The summed E-state index contributed by atoms with van der Waals surface area (Å²) in [5, 5.41) is 8.22. The first-order valence-electron chi connectivity index (χ1n) is 9.77. The highest BCUT2D eigenvalue weighted by Crippen LogP contribution is 2.33. The minimum Gasteiger partial charge on any atom is -0.483 e. The van der Waals surface area contributed by atoms with Gasteiger partial charge in [-0.2, -0.15) is 0 Å². The first-order valence-corrected chi connectivity index (χ1v) is 9.77. The molecule has 0 fully saturated rings. The molecule has 1 heterocycles. The molecule has 0 saturated carbocycles. The van der Waals surface area contributed by atoms with E-state index in [1.807, 2.05) is 30.3 Å². The molecule has 3 N–H and O–H groups in total. The molecule has 0 bridgehead atoms. The highest BCUT2D eigenvalue weighted by molar-refractivity contribution is 5.98. The van der Waals surface area contributed by atoms with Crippen molar-refractivity contribution in [3.05, 3.63) is 77.0 Å². The van der Waals surface area contributed by atoms with Crippen LogP contribution in [0.4, 0.5) is 4.79 Å². The fourth-order valence-corrected chi connectivity index (χ4v) is 3.43. The van der Waals surface area contributed by atoms with Crippen LogP contribution in [0.1, 0.15) is 31.0 Å². The number of rotatable bonds is 8. The van der Waals surface area contributed by atoms with Gasteiger partial charge >= 0.3 is 6.03 Å². The number of urea groups is 1. The molecule has 3 amide bonds. The molecule has 7 heteroatoms. The number of Topliss-reactive ketones (excluding diaryl/α,β-unsaturated/α-hetero) is 1. The van der Waals surface area contributed by atoms with Gasteiger partial charge in [0.25, 0.3) is 5.91 Å². The zero-order chi connectivity index (χ0) is 21.5. The second-order valence-electron chi connectivity index (χ2n) is 7.04. The standard InChI is InChI=1S/C23H25N3O4/c1-15-21(16(2)27)22(26-23(29)25-15)18-10-6-7-11-19(18)30-14-20(28)24-13-12-17-8-4-3-5-9-17/h3-11,22H,12-14H2,1-2H3,(H,24,28)(H2,25,26,29)/t22-/m1/s1. The molecule has 0 unspecified atom stereocenters. The Bertz CT molecular complexity index is 969. The van der Waals surface area contributed by atoms with Gasteiger partial charge in [-0.1, -0.05) is 48.5 Å². The van der Waals surface area contributed by atoms with Gasteiger partial charge in [-0.15, -0.1) is 0 Å². The van der Waals surface area contributed by atoms with E-state index in [1.165, 1.54) is 6.92 Å². The summed E-state index contributed by atoms with van der Waals surface area (Å²) >= 11 is 0. The Morgan fingerprint density at radius 2 is 1.77 bits per heavy atom. The van der Waals surface area contributed by atoms with Crippen LogP contribution in [0.25, 0.3) is 0 Å². The molecule has 1 aliphatic rings. The fraction of sp³-hybridized carbons (Fsp3) is 0.261. The van der Waals surface area contributed by atoms with E-state index >= 15 is 0 Å². The van der Waals surface area contributed by atoms with Crippen molar-refractivity contribution in [2.45, 2.75) is 26.3 Å². The topological polar surface area (TPSA) is 96.5 Å². The summed E-state index contributed by atoms with van der Waals surface area (Å²) in [5.41, 5.74) is 2.72. The van der Waals surface area contributed by atoms with Crippen LogP contribution in [0.2, 0.25) is 0 Å². The zero-order valence-corrected chi connectivity index (χ0v) is 17.0. The lowest BCUT2D eigenvalue weighted by Crippen LogP contribution is -2.44. The lowest BCUT2D eigenvalue weighted by molar-refractivity contribution is -0.123. The number of hydrogen-bond acceptors (Lipinski definition) is 4. The Balaban J connectivity index is 1.65. The molecule has 0 aliphatic carbocycles. The molecule has 0 radical (unpaired) electrons. The number of nitrogens with one attached hydrogen (secondary N) is 3. The van der Waals surface area contributed by atoms with Gasteiger partial charge in [0.15, 0.2) is 12.4 Å². The number of carbonyl (C=O) groups is 3. The Kier molecular flexibility index (Phi) is 6.85. The Hall–Kier alpha value is -3.61. The maximum atomic E-state index is 12.2. The summed E-state index contributed by atoms with van der Waals surface area (Å²) in [6.45, 7) is 3.48. The van der Waals surface area contributed by atoms with E-state index < -0.39 is 12.1 Å². The number of carbonyl (C=O) groups excluding carboxylic acids is 3. The van der Waals surface area contributed by atoms with Crippen LogP contribution >= 0.6 is 0 Å². The quantitative estimate of drug-likeness (QED) is 0.627. The first kappa shape index (κ1) is 21.1. The molecule has 1 atom stereocenters. The molecule has 3 rings (SSSR count). The lowest BCUT2D eigenvalue weighted by Gasteiger charge is -2.29.